The number of nitrogens with one attached hydrogen (secondary N) is 1. The van der Waals surface area contributed by atoms with E-state index >= 15 is 0 Å². The molecule has 1 aromatic heterocycles. The maximum atomic E-state index is 12.2. The van der Waals surface area contributed by atoms with Crippen LogP contribution in [-0.4, -0.2) is 33.9 Å². The average molecular weight is 421 g/mol. The number of rotatable bonds is 7. The fraction of sp³-hybridized carbons (Fsp3) is 0.118. The van der Waals surface area contributed by atoms with Crippen molar-refractivity contribution in [1.82, 2.24) is 10.2 Å². The molecule has 1 N–H and O–H groups in total. The molecule has 0 atom stereocenters. The molecule has 9 nitrogen and oxygen atoms in total. The number of amides is 1. The van der Waals surface area contributed by atoms with E-state index in [4.69, 9.17) is 20.8 Å². The Balaban J connectivity index is 1.63. The molecule has 28 heavy (non-hydrogen) atoms. The van der Waals surface area contributed by atoms with Gasteiger partial charge in [-0.15, -0.1) is 10.2 Å². The summed E-state index contributed by atoms with van der Waals surface area (Å²) in [5.74, 6) is 0.176. The number of non-ortho nitro benzene ring substituents is 1. The van der Waals surface area contributed by atoms with E-state index in [1.165, 1.54) is 25.3 Å². The van der Waals surface area contributed by atoms with Crippen molar-refractivity contribution in [3.05, 3.63) is 57.6 Å². The van der Waals surface area contributed by atoms with E-state index in [1.807, 2.05) is 0 Å². The van der Waals surface area contributed by atoms with Crippen LogP contribution < -0.4 is 10.1 Å². The summed E-state index contributed by atoms with van der Waals surface area (Å²) in [5, 5.41) is 22.1. The molecule has 3 aromatic rings. The standard InChI is InChI=1S/C17H13ClN4O5S/c1-26-14-7-6-12(22(24)25)8-13(14)19-15(23)9-28-17-21-20-16(27-17)10-2-4-11(18)5-3-10/h2-8H,9H2,1H3,(H,19,23). The first kappa shape index (κ1) is 19.6. The summed E-state index contributed by atoms with van der Waals surface area (Å²) in [6.45, 7) is 0. The predicted octanol–water partition coefficient (Wildman–Crippen LogP) is 4.04. The predicted molar refractivity (Wildman–Crippen MR) is 104 cm³/mol. The van der Waals surface area contributed by atoms with Gasteiger partial charge in [-0.3, -0.25) is 14.9 Å². The van der Waals surface area contributed by atoms with Crippen LogP contribution in [0.4, 0.5) is 11.4 Å². The highest BCUT2D eigenvalue weighted by molar-refractivity contribution is 7.99. The molecule has 0 unspecified atom stereocenters. The number of aromatic nitrogens is 2. The van der Waals surface area contributed by atoms with Gasteiger partial charge in [0.1, 0.15) is 5.75 Å². The molecule has 0 bridgehead atoms. The molecule has 0 radical (unpaired) electrons. The van der Waals surface area contributed by atoms with Crippen LogP contribution in [0.15, 0.2) is 52.1 Å². The van der Waals surface area contributed by atoms with Gasteiger partial charge in [0, 0.05) is 22.7 Å². The van der Waals surface area contributed by atoms with Crippen molar-refractivity contribution in [3.63, 3.8) is 0 Å². The monoisotopic (exact) mass is 420 g/mol. The van der Waals surface area contributed by atoms with Crippen LogP contribution in [0, 0.1) is 10.1 Å². The Bertz CT molecular complexity index is 1010. The Hall–Kier alpha value is -3.11. The second-order valence-electron chi connectivity index (χ2n) is 5.36. The van der Waals surface area contributed by atoms with Crippen LogP contribution in [-0.2, 0) is 4.79 Å². The Morgan fingerprint density at radius 3 is 2.71 bits per heavy atom. The second kappa shape index (κ2) is 8.72. The van der Waals surface area contributed by atoms with Crippen LogP contribution in [0.25, 0.3) is 11.5 Å². The van der Waals surface area contributed by atoms with Crippen molar-refractivity contribution in [2.24, 2.45) is 0 Å². The molecule has 1 amide bonds. The lowest BCUT2D eigenvalue weighted by Gasteiger charge is -2.09. The summed E-state index contributed by atoms with van der Waals surface area (Å²) in [5.41, 5.74) is 0.748. The van der Waals surface area contributed by atoms with Gasteiger partial charge in [-0.2, -0.15) is 0 Å². The normalized spacial score (nSPS) is 10.5. The Kier molecular flexibility index (Phi) is 6.12. The van der Waals surface area contributed by atoms with Crippen LogP contribution in [0.5, 0.6) is 5.75 Å². The highest BCUT2D eigenvalue weighted by Gasteiger charge is 2.15. The molecule has 0 fully saturated rings. The summed E-state index contributed by atoms with van der Waals surface area (Å²) in [7, 11) is 1.41. The Labute approximate surface area is 168 Å². The van der Waals surface area contributed by atoms with Crippen molar-refractivity contribution in [3.8, 4) is 17.2 Å². The van der Waals surface area contributed by atoms with E-state index in [0.29, 0.717) is 22.2 Å². The van der Waals surface area contributed by atoms with E-state index in [9.17, 15) is 14.9 Å². The van der Waals surface area contributed by atoms with Gasteiger partial charge in [0.15, 0.2) is 0 Å². The summed E-state index contributed by atoms with van der Waals surface area (Å²) in [6.07, 6.45) is 0. The number of ether oxygens (including phenoxy) is 1. The average Bonchev–Trinajstić information content (AvgIpc) is 3.16. The van der Waals surface area contributed by atoms with Gasteiger partial charge < -0.3 is 14.5 Å². The van der Waals surface area contributed by atoms with Gasteiger partial charge in [-0.1, -0.05) is 23.4 Å². The molecule has 0 aliphatic carbocycles. The van der Waals surface area contributed by atoms with Crippen LogP contribution in [0.2, 0.25) is 5.02 Å². The number of hydrogen-bond donors (Lipinski definition) is 1. The fourth-order valence-electron chi connectivity index (χ4n) is 2.20. The smallest absolute Gasteiger partial charge is 0.277 e. The van der Waals surface area contributed by atoms with Gasteiger partial charge >= 0.3 is 0 Å². The van der Waals surface area contributed by atoms with Crippen LogP contribution in [0.3, 0.4) is 0 Å². The molecule has 2 aromatic carbocycles. The SMILES string of the molecule is COc1ccc([N+](=O)[O-])cc1NC(=O)CSc1nnc(-c2ccc(Cl)cc2)o1. The molecule has 0 aliphatic rings. The molecular formula is C17H13ClN4O5S. The number of nitro benzene ring substituents is 1. The zero-order chi connectivity index (χ0) is 20.1. The highest BCUT2D eigenvalue weighted by atomic mass is 35.5. The number of hydrogen-bond acceptors (Lipinski definition) is 8. The van der Waals surface area contributed by atoms with E-state index in [2.05, 4.69) is 15.5 Å². The minimum atomic E-state index is -0.555. The van der Waals surface area contributed by atoms with Crippen molar-refractivity contribution >= 4 is 40.6 Å². The number of benzene rings is 2. The summed E-state index contributed by atoms with van der Waals surface area (Å²) in [4.78, 5) is 22.5. The van der Waals surface area contributed by atoms with Gasteiger partial charge in [-0.05, 0) is 30.3 Å². The number of halogens is 1. The Morgan fingerprint density at radius 2 is 2.04 bits per heavy atom. The zero-order valence-corrected chi connectivity index (χ0v) is 16.0. The van der Waals surface area contributed by atoms with E-state index in [-0.39, 0.29) is 22.4 Å². The molecule has 144 valence electrons. The molecule has 0 aliphatic heterocycles. The topological polar surface area (TPSA) is 120 Å². The fourth-order valence-corrected chi connectivity index (χ4v) is 2.89. The third-order valence-electron chi connectivity index (χ3n) is 3.49. The van der Waals surface area contributed by atoms with E-state index < -0.39 is 10.8 Å². The summed E-state index contributed by atoms with van der Waals surface area (Å²) in [6, 6.07) is 10.8. The molecule has 3 rings (SSSR count). The first-order valence-electron chi connectivity index (χ1n) is 7.81. The van der Waals surface area contributed by atoms with Crippen LogP contribution in [0.1, 0.15) is 0 Å². The van der Waals surface area contributed by atoms with Gasteiger partial charge in [0.05, 0.1) is 23.5 Å². The first-order valence-corrected chi connectivity index (χ1v) is 9.17. The number of anilines is 1. The maximum Gasteiger partial charge on any atom is 0.277 e. The summed E-state index contributed by atoms with van der Waals surface area (Å²) < 4.78 is 10.6. The molecule has 11 heteroatoms. The van der Waals surface area contributed by atoms with Crippen molar-refractivity contribution < 1.29 is 18.9 Å². The number of nitrogens with zero attached hydrogens (tertiary/aromatic N) is 3. The van der Waals surface area contributed by atoms with E-state index in [0.717, 1.165) is 11.8 Å². The van der Waals surface area contributed by atoms with Crippen LogP contribution >= 0.6 is 23.4 Å². The molecule has 0 saturated heterocycles. The first-order chi connectivity index (χ1) is 13.5. The summed E-state index contributed by atoms with van der Waals surface area (Å²) >= 11 is 6.88. The van der Waals surface area contributed by atoms with Gasteiger partial charge in [0.25, 0.3) is 10.9 Å². The van der Waals surface area contributed by atoms with Crippen molar-refractivity contribution in [1.29, 1.82) is 0 Å². The Morgan fingerprint density at radius 1 is 1.29 bits per heavy atom. The number of carbonyl (C=O) groups is 1. The van der Waals surface area contributed by atoms with Gasteiger partial charge in [-0.25, -0.2) is 0 Å². The third-order valence-corrected chi connectivity index (χ3v) is 4.56. The molecule has 1 heterocycles. The molecule has 0 saturated carbocycles. The number of nitro groups is 1. The van der Waals surface area contributed by atoms with E-state index in [1.54, 1.807) is 24.3 Å². The minimum absolute atomic E-state index is 0.0336. The molecule has 0 spiro atoms. The lowest BCUT2D eigenvalue weighted by atomic mass is 10.2. The minimum Gasteiger partial charge on any atom is -0.495 e. The number of carbonyl (C=O) groups excluding carboxylic acids is 1. The lowest BCUT2D eigenvalue weighted by Crippen LogP contribution is -2.14. The van der Waals surface area contributed by atoms with Gasteiger partial charge in [0.2, 0.25) is 11.8 Å². The quantitative estimate of drug-likeness (QED) is 0.345. The van der Waals surface area contributed by atoms with Crippen molar-refractivity contribution in [2.45, 2.75) is 5.22 Å². The molecular weight excluding hydrogens is 408 g/mol. The lowest BCUT2D eigenvalue weighted by molar-refractivity contribution is -0.384. The maximum absolute atomic E-state index is 12.2. The highest BCUT2D eigenvalue weighted by Crippen LogP contribution is 2.29. The van der Waals surface area contributed by atoms with Crippen molar-refractivity contribution in [2.75, 3.05) is 18.2 Å². The largest absolute Gasteiger partial charge is 0.495 e. The number of thioether (sulfide) groups is 1. The zero-order valence-electron chi connectivity index (χ0n) is 14.4. The number of methoxy groups -OCH3 is 1. The second-order valence-corrected chi connectivity index (χ2v) is 6.72. The third kappa shape index (κ3) is 4.78.